The molecule has 0 bridgehead atoms. The van der Waals surface area contributed by atoms with Crippen LogP contribution < -0.4 is 5.56 Å². The van der Waals surface area contributed by atoms with Crippen molar-refractivity contribution in [2.75, 3.05) is 7.05 Å². The van der Waals surface area contributed by atoms with Crippen LogP contribution in [-0.4, -0.2) is 28.0 Å². The molecule has 4 nitrogen and oxygen atoms in total. The van der Waals surface area contributed by atoms with Crippen molar-refractivity contribution >= 4 is 21.6 Å². The van der Waals surface area contributed by atoms with Gasteiger partial charge in [0, 0.05) is 10.9 Å². The lowest BCUT2D eigenvalue weighted by Crippen LogP contribution is -2.34. The largest absolute Gasteiger partial charge is 0.309 e. The Labute approximate surface area is 129 Å². The highest BCUT2D eigenvalue weighted by molar-refractivity contribution is 7.18. The lowest BCUT2D eigenvalue weighted by molar-refractivity contribution is 0.181. The minimum atomic E-state index is 0.00824. The number of aryl methyl sites for hydroxylation is 2. The topological polar surface area (TPSA) is 49.0 Å². The van der Waals surface area contributed by atoms with Crippen molar-refractivity contribution in [1.82, 2.24) is 14.9 Å². The molecule has 0 spiro atoms. The van der Waals surface area contributed by atoms with Crippen LogP contribution in [0, 0.1) is 13.8 Å². The maximum atomic E-state index is 12.3. The van der Waals surface area contributed by atoms with Gasteiger partial charge >= 0.3 is 0 Å². The summed E-state index contributed by atoms with van der Waals surface area (Å²) >= 11 is 1.62. The molecule has 0 amide bonds. The second-order valence-electron chi connectivity index (χ2n) is 6.18. The van der Waals surface area contributed by atoms with Gasteiger partial charge in [0.25, 0.3) is 5.56 Å². The zero-order valence-corrected chi connectivity index (χ0v) is 13.8. The van der Waals surface area contributed by atoms with Crippen LogP contribution in [0.2, 0.25) is 0 Å². The van der Waals surface area contributed by atoms with Crippen LogP contribution in [0.1, 0.15) is 48.4 Å². The Hall–Kier alpha value is -1.20. The van der Waals surface area contributed by atoms with E-state index in [1.807, 2.05) is 6.92 Å². The van der Waals surface area contributed by atoms with Crippen molar-refractivity contribution in [2.24, 2.45) is 0 Å². The second kappa shape index (κ2) is 5.89. The SMILES string of the molecule is Cc1sc2nc(CN(C)C3CCCCC3)[nH]c(=O)c2c1C. The number of nitrogens with one attached hydrogen (secondary N) is 1. The van der Waals surface area contributed by atoms with Gasteiger partial charge in [0.05, 0.1) is 11.9 Å². The molecule has 1 N–H and O–H groups in total. The Balaban J connectivity index is 1.85. The third-order valence-corrected chi connectivity index (χ3v) is 5.79. The summed E-state index contributed by atoms with van der Waals surface area (Å²) in [4.78, 5) is 24.3. The fourth-order valence-corrected chi connectivity index (χ4v) is 4.31. The van der Waals surface area contributed by atoms with E-state index in [0.717, 1.165) is 28.1 Å². The van der Waals surface area contributed by atoms with Gasteiger partial charge in [-0.2, -0.15) is 0 Å². The Morgan fingerprint density at radius 3 is 2.71 bits per heavy atom. The number of hydrogen-bond donors (Lipinski definition) is 1. The summed E-state index contributed by atoms with van der Waals surface area (Å²) in [5.41, 5.74) is 1.07. The quantitative estimate of drug-likeness (QED) is 0.946. The molecule has 0 radical (unpaired) electrons. The van der Waals surface area contributed by atoms with E-state index in [1.165, 1.54) is 37.0 Å². The Morgan fingerprint density at radius 2 is 2.00 bits per heavy atom. The van der Waals surface area contributed by atoms with Crippen molar-refractivity contribution in [3.8, 4) is 0 Å². The molecule has 0 saturated heterocycles. The molecule has 1 saturated carbocycles. The highest BCUT2D eigenvalue weighted by atomic mass is 32.1. The van der Waals surface area contributed by atoms with E-state index in [-0.39, 0.29) is 5.56 Å². The highest BCUT2D eigenvalue weighted by Gasteiger charge is 2.19. The van der Waals surface area contributed by atoms with Crippen LogP contribution >= 0.6 is 11.3 Å². The average molecular weight is 305 g/mol. The monoisotopic (exact) mass is 305 g/mol. The number of aromatic amines is 1. The molecule has 0 aromatic carbocycles. The Bertz CT molecular complexity index is 697. The van der Waals surface area contributed by atoms with Gasteiger partial charge < -0.3 is 4.98 Å². The smallest absolute Gasteiger partial charge is 0.259 e. The van der Waals surface area contributed by atoms with E-state index in [4.69, 9.17) is 0 Å². The maximum Gasteiger partial charge on any atom is 0.259 e. The molecule has 5 heteroatoms. The second-order valence-corrected chi connectivity index (χ2v) is 7.39. The van der Waals surface area contributed by atoms with Crippen LogP contribution in [0.4, 0.5) is 0 Å². The molecule has 1 aliphatic rings. The van der Waals surface area contributed by atoms with Crippen molar-refractivity contribution in [2.45, 2.75) is 58.5 Å². The van der Waals surface area contributed by atoms with E-state index >= 15 is 0 Å². The molecule has 1 aliphatic carbocycles. The Morgan fingerprint density at radius 1 is 1.29 bits per heavy atom. The van der Waals surface area contributed by atoms with Gasteiger partial charge in [-0.1, -0.05) is 19.3 Å². The van der Waals surface area contributed by atoms with Crippen LogP contribution in [-0.2, 0) is 6.54 Å². The molecule has 114 valence electrons. The molecule has 0 atom stereocenters. The molecule has 0 aliphatic heterocycles. The van der Waals surface area contributed by atoms with E-state index < -0.39 is 0 Å². The number of rotatable bonds is 3. The predicted molar refractivity (Wildman–Crippen MR) is 88.1 cm³/mol. The fourth-order valence-electron chi connectivity index (χ4n) is 3.26. The van der Waals surface area contributed by atoms with Gasteiger partial charge in [0.2, 0.25) is 0 Å². The third kappa shape index (κ3) is 2.90. The molecule has 2 heterocycles. The number of thiophene rings is 1. The summed E-state index contributed by atoms with van der Waals surface area (Å²) in [6, 6.07) is 0.631. The van der Waals surface area contributed by atoms with Crippen molar-refractivity contribution in [3.05, 3.63) is 26.6 Å². The molecule has 3 rings (SSSR count). The first-order chi connectivity index (χ1) is 10.1. The van der Waals surface area contributed by atoms with Gasteiger partial charge in [0.15, 0.2) is 0 Å². The molecule has 1 fully saturated rings. The fraction of sp³-hybridized carbons (Fsp3) is 0.625. The summed E-state index contributed by atoms with van der Waals surface area (Å²) in [5, 5.41) is 0.765. The molecule has 0 unspecified atom stereocenters. The minimum Gasteiger partial charge on any atom is -0.309 e. The lowest BCUT2D eigenvalue weighted by Gasteiger charge is -2.30. The number of fused-ring (bicyclic) bond motifs is 1. The number of H-pyrrole nitrogens is 1. The minimum absolute atomic E-state index is 0.00824. The van der Waals surface area contributed by atoms with E-state index in [2.05, 4.69) is 28.8 Å². The molecule has 2 aromatic rings. The zero-order valence-electron chi connectivity index (χ0n) is 13.0. The number of nitrogens with zero attached hydrogens (tertiary/aromatic N) is 2. The predicted octanol–water partition coefficient (Wildman–Crippen LogP) is 3.37. The first kappa shape index (κ1) is 14.7. The first-order valence-corrected chi connectivity index (χ1v) is 8.57. The van der Waals surface area contributed by atoms with Crippen LogP contribution in [0.5, 0.6) is 0 Å². The van der Waals surface area contributed by atoms with Crippen molar-refractivity contribution < 1.29 is 0 Å². The summed E-state index contributed by atoms with van der Waals surface area (Å²) in [7, 11) is 2.14. The van der Waals surface area contributed by atoms with Gasteiger partial charge in [-0.05, 0) is 39.3 Å². The molecular formula is C16H23N3OS. The number of aromatic nitrogens is 2. The zero-order chi connectivity index (χ0) is 15.0. The molecule has 21 heavy (non-hydrogen) atoms. The van der Waals surface area contributed by atoms with Crippen molar-refractivity contribution in [1.29, 1.82) is 0 Å². The van der Waals surface area contributed by atoms with Crippen LogP contribution in [0.3, 0.4) is 0 Å². The van der Waals surface area contributed by atoms with Gasteiger partial charge in [-0.15, -0.1) is 11.3 Å². The van der Waals surface area contributed by atoms with Gasteiger partial charge in [-0.3, -0.25) is 9.69 Å². The number of hydrogen-bond acceptors (Lipinski definition) is 4. The summed E-state index contributed by atoms with van der Waals surface area (Å²) in [6.45, 7) is 4.78. The summed E-state index contributed by atoms with van der Waals surface area (Å²) in [5.74, 6) is 0.793. The third-order valence-electron chi connectivity index (χ3n) is 4.69. The molecular weight excluding hydrogens is 282 g/mol. The van der Waals surface area contributed by atoms with E-state index in [9.17, 15) is 4.79 Å². The van der Waals surface area contributed by atoms with Crippen molar-refractivity contribution in [3.63, 3.8) is 0 Å². The van der Waals surface area contributed by atoms with E-state index in [1.54, 1.807) is 11.3 Å². The van der Waals surface area contributed by atoms with E-state index in [0.29, 0.717) is 6.04 Å². The molecule has 2 aromatic heterocycles. The summed E-state index contributed by atoms with van der Waals surface area (Å²) < 4.78 is 0. The highest BCUT2D eigenvalue weighted by Crippen LogP contribution is 2.26. The average Bonchev–Trinajstić information content (AvgIpc) is 2.75. The lowest BCUT2D eigenvalue weighted by atomic mass is 9.94. The Kier molecular flexibility index (Phi) is 4.13. The normalized spacial score (nSPS) is 17.0. The van der Waals surface area contributed by atoms with Crippen LogP contribution in [0.25, 0.3) is 10.2 Å². The van der Waals surface area contributed by atoms with Gasteiger partial charge in [-0.25, -0.2) is 4.98 Å². The maximum absolute atomic E-state index is 12.3. The first-order valence-electron chi connectivity index (χ1n) is 7.75. The summed E-state index contributed by atoms with van der Waals surface area (Å²) in [6.07, 6.45) is 6.53. The standard InChI is InChI=1S/C16H23N3OS/c1-10-11(2)21-16-14(10)15(20)17-13(18-16)9-19(3)12-7-5-4-6-8-12/h12H,4-9H2,1-3H3,(H,17,18,20). The van der Waals surface area contributed by atoms with Crippen LogP contribution in [0.15, 0.2) is 4.79 Å². The van der Waals surface area contributed by atoms with Gasteiger partial charge in [0.1, 0.15) is 10.7 Å².